The Kier molecular flexibility index (Phi) is 6.66. The van der Waals surface area contributed by atoms with Gasteiger partial charge in [-0.1, -0.05) is 39.0 Å². The van der Waals surface area contributed by atoms with Gasteiger partial charge in [0.1, 0.15) is 17.1 Å². The molecule has 0 saturated carbocycles. The topological polar surface area (TPSA) is 85.4 Å². The number of ether oxygens (including phenoxy) is 1. The molecule has 0 amide bonds. The van der Waals surface area contributed by atoms with E-state index in [2.05, 4.69) is 17.2 Å². The number of hydrogen-bond acceptors (Lipinski definition) is 7. The van der Waals surface area contributed by atoms with Crippen molar-refractivity contribution in [3.63, 3.8) is 0 Å². The average molecular weight is 388 g/mol. The molecule has 144 valence electrons. The fourth-order valence-corrected chi connectivity index (χ4v) is 4.09. The lowest BCUT2D eigenvalue weighted by atomic mass is 9.96. The number of carbonyl (C=O) groups is 3. The van der Waals surface area contributed by atoms with Gasteiger partial charge in [0.05, 0.1) is 17.1 Å². The first kappa shape index (κ1) is 19.6. The first-order chi connectivity index (χ1) is 13.1. The van der Waals surface area contributed by atoms with E-state index in [-0.39, 0.29) is 28.5 Å². The Morgan fingerprint density at radius 2 is 1.93 bits per heavy atom. The Morgan fingerprint density at radius 1 is 1.15 bits per heavy atom. The van der Waals surface area contributed by atoms with Crippen molar-refractivity contribution in [1.29, 1.82) is 0 Å². The Labute approximate surface area is 163 Å². The van der Waals surface area contributed by atoms with Crippen LogP contribution in [0.2, 0.25) is 0 Å². The lowest BCUT2D eigenvalue weighted by Crippen LogP contribution is -2.35. The summed E-state index contributed by atoms with van der Waals surface area (Å²) in [4.78, 5) is 42.0. The maximum atomic E-state index is 12.7. The molecule has 0 saturated heterocycles. The summed E-state index contributed by atoms with van der Waals surface area (Å²) in [6.07, 6.45) is 6.62. The summed E-state index contributed by atoms with van der Waals surface area (Å²) >= 11 is 1.38. The summed E-state index contributed by atoms with van der Waals surface area (Å²) in [6, 6.07) is 2.96. The molecule has 0 radical (unpaired) electrons. The number of esters is 1. The van der Waals surface area contributed by atoms with E-state index in [0.717, 1.165) is 25.0 Å². The van der Waals surface area contributed by atoms with E-state index in [0.29, 0.717) is 23.8 Å². The number of aromatic nitrogens is 1. The molecule has 7 heteroatoms. The number of nitrogens with zero attached hydrogens (tertiary/aromatic N) is 1. The molecule has 1 aromatic rings. The van der Waals surface area contributed by atoms with Gasteiger partial charge in [-0.25, -0.2) is 9.78 Å². The van der Waals surface area contributed by atoms with Crippen molar-refractivity contribution in [3.8, 4) is 0 Å². The second-order valence-electron chi connectivity index (χ2n) is 6.63. The molecule has 0 bridgehead atoms. The minimum absolute atomic E-state index is 0.0303. The largest absolute Gasteiger partial charge is 0.461 e. The van der Waals surface area contributed by atoms with Crippen molar-refractivity contribution in [1.82, 2.24) is 10.3 Å². The smallest absolute Gasteiger partial charge is 0.356 e. The third kappa shape index (κ3) is 4.40. The molecule has 0 unspecified atom stereocenters. The van der Waals surface area contributed by atoms with Crippen molar-refractivity contribution < 1.29 is 19.1 Å². The van der Waals surface area contributed by atoms with Crippen molar-refractivity contribution in [3.05, 3.63) is 39.7 Å². The van der Waals surface area contributed by atoms with Gasteiger partial charge in [0.15, 0.2) is 0 Å². The first-order valence-corrected chi connectivity index (χ1v) is 10.5. The first-order valence-electron chi connectivity index (χ1n) is 9.52. The van der Waals surface area contributed by atoms with Gasteiger partial charge >= 0.3 is 5.97 Å². The maximum absolute atomic E-state index is 12.7. The van der Waals surface area contributed by atoms with Gasteiger partial charge in [0, 0.05) is 12.3 Å². The Balaban J connectivity index is 1.62. The third-order valence-corrected chi connectivity index (χ3v) is 5.69. The maximum Gasteiger partial charge on any atom is 0.356 e. The number of allylic oxidation sites excluding steroid dienone is 2. The Morgan fingerprint density at radius 3 is 2.74 bits per heavy atom. The zero-order valence-electron chi connectivity index (χ0n) is 15.5. The Hall–Kier alpha value is -2.15. The van der Waals surface area contributed by atoms with E-state index in [1.54, 1.807) is 0 Å². The summed E-state index contributed by atoms with van der Waals surface area (Å²) in [6.45, 7) is 3.13. The number of rotatable bonds is 8. The molecule has 6 nitrogen and oxygen atoms in total. The highest BCUT2D eigenvalue weighted by molar-refractivity contribution is 8.04. The van der Waals surface area contributed by atoms with Gasteiger partial charge in [-0.2, -0.15) is 0 Å². The molecule has 27 heavy (non-hydrogen) atoms. The van der Waals surface area contributed by atoms with Crippen LogP contribution in [0.15, 0.2) is 22.7 Å². The molecule has 0 fully saturated rings. The van der Waals surface area contributed by atoms with E-state index in [4.69, 9.17) is 4.74 Å². The molecule has 1 aromatic heterocycles. The van der Waals surface area contributed by atoms with E-state index in [1.165, 1.54) is 43.2 Å². The van der Waals surface area contributed by atoms with Crippen LogP contribution in [0.5, 0.6) is 0 Å². The number of hydrogen-bond donors (Lipinski definition) is 1. The van der Waals surface area contributed by atoms with E-state index >= 15 is 0 Å². The van der Waals surface area contributed by atoms with E-state index < -0.39 is 5.97 Å². The number of pyridine rings is 1. The monoisotopic (exact) mass is 388 g/mol. The van der Waals surface area contributed by atoms with E-state index in [1.807, 2.05) is 0 Å². The van der Waals surface area contributed by atoms with Crippen molar-refractivity contribution >= 4 is 29.3 Å². The van der Waals surface area contributed by atoms with Gasteiger partial charge in [-0.05, 0) is 18.6 Å². The predicted molar refractivity (Wildman–Crippen MR) is 104 cm³/mol. The summed E-state index contributed by atoms with van der Waals surface area (Å²) < 4.78 is 5.26. The Bertz CT molecular complexity index is 788. The molecule has 2 heterocycles. The molecule has 0 spiro atoms. The highest BCUT2D eigenvalue weighted by Gasteiger charge is 2.35. The zero-order chi connectivity index (χ0) is 19.2. The lowest BCUT2D eigenvalue weighted by Gasteiger charge is -2.24. The van der Waals surface area contributed by atoms with Crippen LogP contribution in [0.25, 0.3) is 0 Å². The summed E-state index contributed by atoms with van der Waals surface area (Å²) in [7, 11) is 0. The summed E-state index contributed by atoms with van der Waals surface area (Å²) in [5.41, 5.74) is 0.646. The fourth-order valence-electron chi connectivity index (χ4n) is 3.14. The highest BCUT2D eigenvalue weighted by atomic mass is 32.2. The predicted octanol–water partition coefficient (Wildman–Crippen LogP) is 3.53. The standard InChI is InChI=1S/C20H24N2O4S/c1-2-3-4-5-6-7-11-26-20(25)14-9-8-13-15(22-14)18(24)16-19(17(13)23)27-12-10-21-16/h8-9,21H,2-7,10-12H2,1H3. The van der Waals surface area contributed by atoms with Gasteiger partial charge < -0.3 is 10.1 Å². The van der Waals surface area contributed by atoms with Gasteiger partial charge in [-0.3, -0.25) is 9.59 Å². The van der Waals surface area contributed by atoms with Crippen LogP contribution in [0.3, 0.4) is 0 Å². The number of nitrogens with one attached hydrogen (secondary N) is 1. The average Bonchev–Trinajstić information content (AvgIpc) is 2.70. The van der Waals surface area contributed by atoms with Crippen LogP contribution >= 0.6 is 11.8 Å². The second-order valence-corrected chi connectivity index (χ2v) is 7.74. The fraction of sp³-hybridized carbons (Fsp3) is 0.500. The molecular weight excluding hydrogens is 364 g/mol. The molecular formula is C20H24N2O4S. The van der Waals surface area contributed by atoms with Gasteiger partial charge in [-0.15, -0.1) is 11.8 Å². The zero-order valence-corrected chi connectivity index (χ0v) is 16.3. The summed E-state index contributed by atoms with van der Waals surface area (Å²) in [5.74, 6) is -0.366. The van der Waals surface area contributed by atoms with Crippen LogP contribution in [-0.2, 0) is 4.74 Å². The minimum atomic E-state index is -0.558. The molecule has 2 aliphatic rings. The van der Waals surface area contributed by atoms with Crippen molar-refractivity contribution in [2.45, 2.75) is 45.4 Å². The molecule has 1 aliphatic heterocycles. The SMILES string of the molecule is CCCCCCCCOC(=O)c1ccc2c(n1)C(=O)C1=C(SCCN1)C2=O. The number of carbonyl (C=O) groups excluding carboxylic acids is 3. The number of ketones is 2. The van der Waals surface area contributed by atoms with Crippen LogP contribution in [-0.4, -0.2) is 41.4 Å². The summed E-state index contributed by atoms with van der Waals surface area (Å²) in [5, 5.41) is 2.99. The number of thioether (sulfide) groups is 1. The van der Waals surface area contributed by atoms with Crippen LogP contribution in [0.4, 0.5) is 0 Å². The van der Waals surface area contributed by atoms with Crippen LogP contribution < -0.4 is 5.32 Å². The molecule has 3 rings (SSSR count). The van der Waals surface area contributed by atoms with Gasteiger partial charge in [0.2, 0.25) is 11.6 Å². The van der Waals surface area contributed by atoms with Gasteiger partial charge in [0.25, 0.3) is 0 Å². The molecule has 0 aromatic carbocycles. The highest BCUT2D eigenvalue weighted by Crippen LogP contribution is 2.33. The van der Waals surface area contributed by atoms with Crippen molar-refractivity contribution in [2.75, 3.05) is 18.9 Å². The van der Waals surface area contributed by atoms with Crippen LogP contribution in [0, 0.1) is 0 Å². The van der Waals surface area contributed by atoms with Crippen molar-refractivity contribution in [2.24, 2.45) is 0 Å². The third-order valence-electron chi connectivity index (χ3n) is 4.61. The number of unbranched alkanes of at least 4 members (excludes halogenated alkanes) is 5. The minimum Gasteiger partial charge on any atom is -0.461 e. The quantitative estimate of drug-likeness (QED) is 0.538. The van der Waals surface area contributed by atoms with Crippen LogP contribution in [0.1, 0.15) is 76.8 Å². The number of Topliss-reactive ketones (excluding diaryl/α,β-unsaturated/α-hetero) is 2. The lowest BCUT2D eigenvalue weighted by molar-refractivity contribution is 0.0490. The van der Waals surface area contributed by atoms with E-state index in [9.17, 15) is 14.4 Å². The normalized spacial score (nSPS) is 15.9. The molecule has 1 aliphatic carbocycles. The number of fused-ring (bicyclic) bond motifs is 1. The second kappa shape index (κ2) is 9.17. The molecule has 0 atom stereocenters. The molecule has 1 N–H and O–H groups in total.